The van der Waals surface area contributed by atoms with Crippen LogP contribution in [0, 0.1) is 10.1 Å². The number of hydrogen-bond donors (Lipinski definition) is 1. The fourth-order valence-corrected chi connectivity index (χ4v) is 2.56. The summed E-state index contributed by atoms with van der Waals surface area (Å²) < 4.78 is 34.2. The Labute approximate surface area is 142 Å². The maximum absolute atomic E-state index is 12.5. The van der Waals surface area contributed by atoms with Gasteiger partial charge >= 0.3 is 12.6 Å². The average Bonchev–Trinajstić information content (AvgIpc) is 3.36. The van der Waals surface area contributed by atoms with Crippen LogP contribution in [-0.4, -0.2) is 46.7 Å². The molecule has 0 radical (unpaired) electrons. The highest BCUT2D eigenvalue weighted by molar-refractivity contribution is 5.73. The van der Waals surface area contributed by atoms with E-state index in [0.29, 0.717) is 0 Å². The zero-order valence-corrected chi connectivity index (χ0v) is 13.6. The van der Waals surface area contributed by atoms with Crippen LogP contribution in [0.15, 0.2) is 12.1 Å². The van der Waals surface area contributed by atoms with E-state index in [9.17, 15) is 28.8 Å². The van der Waals surface area contributed by atoms with Crippen molar-refractivity contribution in [3.8, 4) is 11.5 Å². The first-order valence-corrected chi connectivity index (χ1v) is 7.53. The molecule has 0 saturated heterocycles. The monoisotopic (exact) mass is 360 g/mol. The molecule has 1 aromatic rings. The lowest BCUT2D eigenvalue weighted by atomic mass is 10.1. The van der Waals surface area contributed by atoms with Crippen molar-refractivity contribution in [1.29, 1.82) is 0 Å². The van der Waals surface area contributed by atoms with Gasteiger partial charge in [0.15, 0.2) is 11.5 Å². The first-order valence-electron chi connectivity index (χ1n) is 7.53. The van der Waals surface area contributed by atoms with E-state index in [4.69, 9.17) is 4.74 Å². The Morgan fingerprint density at radius 2 is 2.08 bits per heavy atom. The molecule has 0 aliphatic heterocycles. The molecule has 1 N–H and O–H groups in total. The maximum Gasteiger partial charge on any atom is 0.387 e. The molecule has 25 heavy (non-hydrogen) atoms. The third kappa shape index (κ3) is 4.53. The number of hydrogen-bond acceptors (Lipinski definition) is 6. The summed E-state index contributed by atoms with van der Waals surface area (Å²) >= 11 is 0. The third-order valence-corrected chi connectivity index (χ3v) is 4.00. The maximum atomic E-state index is 12.5. The third-order valence-electron chi connectivity index (χ3n) is 4.00. The first kappa shape index (κ1) is 18.8. The van der Waals surface area contributed by atoms with Crippen molar-refractivity contribution in [2.24, 2.45) is 0 Å². The topological polar surface area (TPSA) is 102 Å². The molecule has 1 aromatic carbocycles. The van der Waals surface area contributed by atoms with Gasteiger partial charge in [0.2, 0.25) is 0 Å². The molecule has 1 fully saturated rings. The number of nitrogens with zero attached hydrogens (tertiary/aromatic N) is 2. The van der Waals surface area contributed by atoms with E-state index in [1.807, 2.05) is 0 Å². The minimum Gasteiger partial charge on any atom is -0.493 e. The quantitative estimate of drug-likeness (QED) is 0.533. The number of carbonyl (C=O) groups is 1. The predicted octanol–water partition coefficient (Wildman–Crippen LogP) is 2.64. The van der Waals surface area contributed by atoms with Crippen LogP contribution < -0.4 is 9.47 Å². The number of alkyl halides is 2. The number of rotatable bonds is 9. The normalized spacial score (nSPS) is 15.3. The van der Waals surface area contributed by atoms with Gasteiger partial charge in [0.1, 0.15) is 6.04 Å². The predicted molar refractivity (Wildman–Crippen MR) is 81.9 cm³/mol. The van der Waals surface area contributed by atoms with Gasteiger partial charge in [0, 0.05) is 18.2 Å². The summed E-state index contributed by atoms with van der Waals surface area (Å²) in [5.74, 6) is -1.57. The Kier molecular flexibility index (Phi) is 5.73. The molecule has 8 nitrogen and oxygen atoms in total. The first-order chi connectivity index (χ1) is 11.7. The molecule has 10 heteroatoms. The second kappa shape index (κ2) is 7.60. The van der Waals surface area contributed by atoms with Crippen LogP contribution in [-0.2, 0) is 11.3 Å². The van der Waals surface area contributed by atoms with E-state index in [1.54, 1.807) is 4.90 Å². The van der Waals surface area contributed by atoms with Crippen molar-refractivity contribution in [3.63, 3.8) is 0 Å². The Bertz CT molecular complexity index is 666. The van der Waals surface area contributed by atoms with Crippen LogP contribution in [0.25, 0.3) is 0 Å². The lowest BCUT2D eigenvalue weighted by molar-refractivity contribution is -0.385. The van der Waals surface area contributed by atoms with Crippen molar-refractivity contribution in [1.82, 2.24) is 4.90 Å². The number of nitro benzene ring substituents is 1. The molecule has 1 saturated carbocycles. The number of carboxylic acid groups (broad SMARTS) is 1. The summed E-state index contributed by atoms with van der Waals surface area (Å²) in [5.41, 5.74) is -0.261. The molecular formula is C15H18F2N2O6. The Morgan fingerprint density at radius 3 is 2.52 bits per heavy atom. The minimum atomic E-state index is -3.16. The largest absolute Gasteiger partial charge is 0.493 e. The fraction of sp³-hybridized carbons (Fsp3) is 0.533. The summed E-state index contributed by atoms with van der Waals surface area (Å²) in [6.45, 7) is -1.67. The highest BCUT2D eigenvalue weighted by Gasteiger charge is 2.36. The molecule has 0 heterocycles. The zero-order valence-electron chi connectivity index (χ0n) is 13.6. The summed E-state index contributed by atoms with van der Waals surface area (Å²) in [6.07, 6.45) is 1.60. The van der Waals surface area contributed by atoms with Gasteiger partial charge in [-0.25, -0.2) is 0 Å². The molecule has 0 bridgehead atoms. The van der Waals surface area contributed by atoms with Crippen LogP contribution in [0.4, 0.5) is 14.5 Å². The fourth-order valence-electron chi connectivity index (χ4n) is 2.56. The summed E-state index contributed by atoms with van der Waals surface area (Å²) in [5, 5.41) is 20.5. The number of nitro groups is 1. The number of benzene rings is 1. The average molecular weight is 360 g/mol. The number of methoxy groups -OCH3 is 1. The van der Waals surface area contributed by atoms with Crippen molar-refractivity contribution in [2.45, 2.75) is 45.0 Å². The van der Waals surface area contributed by atoms with Crippen LogP contribution in [0.2, 0.25) is 0 Å². The molecule has 2 rings (SSSR count). The summed E-state index contributed by atoms with van der Waals surface area (Å²) in [4.78, 5) is 23.5. The lowest BCUT2D eigenvalue weighted by Crippen LogP contribution is -2.40. The molecular weight excluding hydrogens is 342 g/mol. The highest BCUT2D eigenvalue weighted by atomic mass is 19.3. The summed E-state index contributed by atoms with van der Waals surface area (Å²) in [6, 6.07) is 1.29. The number of ether oxygens (including phenoxy) is 2. The smallest absolute Gasteiger partial charge is 0.387 e. The Morgan fingerprint density at radius 1 is 1.44 bits per heavy atom. The van der Waals surface area contributed by atoms with Gasteiger partial charge in [-0.2, -0.15) is 8.78 Å². The van der Waals surface area contributed by atoms with Gasteiger partial charge in [-0.05, 0) is 25.8 Å². The zero-order chi connectivity index (χ0) is 18.7. The molecule has 1 atom stereocenters. The van der Waals surface area contributed by atoms with Crippen LogP contribution >= 0.6 is 0 Å². The second-order valence-electron chi connectivity index (χ2n) is 5.69. The van der Waals surface area contributed by atoms with E-state index in [-0.39, 0.29) is 23.9 Å². The standard InChI is InChI=1S/C15H18F2N2O6/c1-8(14(20)21)18(10-3-4-10)7-9-5-12(24-2)13(25-15(16)17)6-11(9)19(22)23/h5-6,8,10,15H,3-4,7H2,1-2H3,(H,20,21). The van der Waals surface area contributed by atoms with Gasteiger partial charge in [-0.1, -0.05) is 0 Å². The van der Waals surface area contributed by atoms with Gasteiger partial charge in [-0.15, -0.1) is 0 Å². The number of carboxylic acids is 1. The van der Waals surface area contributed by atoms with E-state index in [2.05, 4.69) is 4.74 Å². The van der Waals surface area contributed by atoms with Gasteiger partial charge in [0.25, 0.3) is 5.69 Å². The van der Waals surface area contributed by atoms with Gasteiger partial charge < -0.3 is 14.6 Å². The number of aliphatic carboxylic acids is 1. The molecule has 1 aliphatic carbocycles. The Balaban J connectivity index is 2.40. The van der Waals surface area contributed by atoms with Crippen molar-refractivity contribution in [3.05, 3.63) is 27.8 Å². The Hall–Kier alpha value is -2.49. The van der Waals surface area contributed by atoms with Crippen LogP contribution in [0.1, 0.15) is 25.3 Å². The molecule has 138 valence electrons. The SMILES string of the molecule is COc1cc(CN(C2CC2)C(C)C(=O)O)c([N+](=O)[O-])cc1OC(F)F. The van der Waals surface area contributed by atoms with Crippen molar-refractivity contribution < 1.29 is 33.1 Å². The van der Waals surface area contributed by atoms with Crippen LogP contribution in [0.5, 0.6) is 11.5 Å². The van der Waals surface area contributed by atoms with E-state index in [0.717, 1.165) is 18.9 Å². The van der Waals surface area contributed by atoms with Crippen LogP contribution in [0.3, 0.4) is 0 Å². The molecule has 1 aliphatic rings. The van der Waals surface area contributed by atoms with Gasteiger partial charge in [-0.3, -0.25) is 19.8 Å². The lowest BCUT2D eigenvalue weighted by Gasteiger charge is -2.26. The molecule has 1 unspecified atom stereocenters. The molecule has 0 aromatic heterocycles. The molecule has 0 amide bonds. The second-order valence-corrected chi connectivity index (χ2v) is 5.69. The van der Waals surface area contributed by atoms with E-state index < -0.39 is 35.0 Å². The van der Waals surface area contributed by atoms with Crippen molar-refractivity contribution >= 4 is 11.7 Å². The molecule has 0 spiro atoms. The van der Waals surface area contributed by atoms with E-state index in [1.165, 1.54) is 20.1 Å². The van der Waals surface area contributed by atoms with Gasteiger partial charge in [0.05, 0.1) is 18.1 Å². The minimum absolute atomic E-state index is 0.0141. The van der Waals surface area contributed by atoms with E-state index >= 15 is 0 Å². The number of halogens is 2. The highest BCUT2D eigenvalue weighted by Crippen LogP contribution is 2.38. The summed E-state index contributed by atoms with van der Waals surface area (Å²) in [7, 11) is 1.22. The van der Waals surface area contributed by atoms with Crippen molar-refractivity contribution in [2.75, 3.05) is 7.11 Å².